The largest absolute Gasteiger partial charge is 0.491 e. The van der Waals surface area contributed by atoms with E-state index < -0.39 is 0 Å². The molecule has 0 fully saturated rings. The number of nitrogens with two attached hydrogens (primary N) is 1. The van der Waals surface area contributed by atoms with Crippen molar-refractivity contribution in [2.45, 2.75) is 25.7 Å². The number of rotatable bonds is 8. The molecular formula is C31H31N3O3S. The second-order valence-corrected chi connectivity index (χ2v) is 10.2. The minimum absolute atomic E-state index is 0.0671. The van der Waals surface area contributed by atoms with Crippen molar-refractivity contribution < 1.29 is 14.3 Å². The van der Waals surface area contributed by atoms with E-state index in [1.165, 1.54) is 4.88 Å². The van der Waals surface area contributed by atoms with Crippen LogP contribution in [0.25, 0.3) is 11.1 Å². The third-order valence-corrected chi connectivity index (χ3v) is 7.60. The van der Waals surface area contributed by atoms with Gasteiger partial charge in [-0.2, -0.15) is 0 Å². The van der Waals surface area contributed by atoms with E-state index in [1.807, 2.05) is 70.9 Å². The lowest BCUT2D eigenvalue weighted by Crippen LogP contribution is -2.31. The molecule has 0 saturated heterocycles. The molecule has 2 amide bonds. The summed E-state index contributed by atoms with van der Waals surface area (Å²) in [6.45, 7) is 1.55. The molecule has 2 heterocycles. The van der Waals surface area contributed by atoms with Crippen molar-refractivity contribution in [2.24, 2.45) is 5.73 Å². The minimum atomic E-state index is -0.248. The average molecular weight is 526 g/mol. The number of carbonyl (C=O) groups is 2. The normalized spacial score (nSPS) is 12.9. The van der Waals surface area contributed by atoms with Crippen LogP contribution < -0.4 is 20.7 Å². The number of hydrogen-bond donors (Lipinski definition) is 2. The molecule has 0 radical (unpaired) electrons. The van der Waals surface area contributed by atoms with E-state index >= 15 is 0 Å². The molecule has 1 aliphatic rings. The van der Waals surface area contributed by atoms with Gasteiger partial charge >= 0.3 is 0 Å². The zero-order valence-corrected chi connectivity index (χ0v) is 22.0. The van der Waals surface area contributed by atoms with E-state index in [-0.39, 0.29) is 11.8 Å². The first kappa shape index (κ1) is 25.7. The van der Waals surface area contributed by atoms with Crippen LogP contribution >= 0.6 is 11.3 Å². The second-order valence-electron chi connectivity index (χ2n) is 9.21. The Bertz CT molecular complexity index is 1420. The Labute approximate surface area is 227 Å². The summed E-state index contributed by atoms with van der Waals surface area (Å²) in [5.41, 5.74) is 10.1. The molecule has 0 saturated carbocycles. The molecule has 6 nitrogen and oxygen atoms in total. The van der Waals surface area contributed by atoms with Crippen molar-refractivity contribution >= 4 is 34.5 Å². The van der Waals surface area contributed by atoms with Gasteiger partial charge in [-0.3, -0.25) is 9.59 Å². The van der Waals surface area contributed by atoms with Crippen molar-refractivity contribution in [1.29, 1.82) is 0 Å². The summed E-state index contributed by atoms with van der Waals surface area (Å²) in [5, 5.41) is 5.06. The van der Waals surface area contributed by atoms with E-state index in [1.54, 1.807) is 29.5 Å². The average Bonchev–Trinajstić information content (AvgIpc) is 3.33. The molecule has 194 valence electrons. The van der Waals surface area contributed by atoms with E-state index in [0.29, 0.717) is 48.7 Å². The van der Waals surface area contributed by atoms with Crippen LogP contribution in [0.4, 0.5) is 11.4 Å². The first-order valence-corrected chi connectivity index (χ1v) is 13.8. The third kappa shape index (κ3) is 5.64. The van der Waals surface area contributed by atoms with E-state index in [0.717, 1.165) is 36.1 Å². The molecule has 5 rings (SSSR count). The predicted octanol–water partition coefficient (Wildman–Crippen LogP) is 6.38. The Morgan fingerprint density at radius 1 is 0.974 bits per heavy atom. The summed E-state index contributed by atoms with van der Waals surface area (Å²) < 4.78 is 6.02. The van der Waals surface area contributed by atoms with Crippen molar-refractivity contribution in [1.82, 2.24) is 0 Å². The van der Waals surface area contributed by atoms with Crippen molar-refractivity contribution in [3.63, 3.8) is 0 Å². The van der Waals surface area contributed by atoms with Gasteiger partial charge < -0.3 is 20.7 Å². The molecule has 0 bridgehead atoms. The number of thiophene rings is 1. The summed E-state index contributed by atoms with van der Waals surface area (Å²) >= 11 is 1.70. The number of hydrogen-bond acceptors (Lipinski definition) is 5. The smallest absolute Gasteiger partial charge is 0.258 e. The molecule has 4 aromatic rings. The van der Waals surface area contributed by atoms with Gasteiger partial charge in [-0.1, -0.05) is 48.5 Å². The molecule has 0 aliphatic carbocycles. The van der Waals surface area contributed by atoms with Crippen molar-refractivity contribution in [2.75, 3.05) is 29.9 Å². The van der Waals surface area contributed by atoms with Gasteiger partial charge in [0.15, 0.2) is 0 Å². The summed E-state index contributed by atoms with van der Waals surface area (Å²) in [5.74, 6) is 0.139. The SMILES string of the molecule is NCCCOc1cc(C(=O)N2CCCCc3sccc32)ccc1NC(=O)c1ccccc1-c1ccccc1. The number of fused-ring (bicyclic) bond motifs is 1. The number of anilines is 2. The highest BCUT2D eigenvalue weighted by molar-refractivity contribution is 7.10. The van der Waals surface area contributed by atoms with Gasteiger partial charge in [-0.05, 0) is 79.1 Å². The summed E-state index contributed by atoms with van der Waals surface area (Å²) in [4.78, 5) is 30.2. The van der Waals surface area contributed by atoms with E-state index in [2.05, 4.69) is 5.32 Å². The quantitative estimate of drug-likeness (QED) is 0.262. The fraction of sp³-hybridized carbons (Fsp3) is 0.226. The van der Waals surface area contributed by atoms with Crippen molar-refractivity contribution in [3.8, 4) is 16.9 Å². The molecule has 3 N–H and O–H groups in total. The molecule has 0 unspecified atom stereocenters. The number of nitrogens with zero attached hydrogens (tertiary/aromatic N) is 1. The van der Waals surface area contributed by atoms with Crippen LogP contribution in [0, 0.1) is 0 Å². The number of aryl methyl sites for hydroxylation is 1. The highest BCUT2D eigenvalue weighted by Gasteiger charge is 2.24. The van der Waals surface area contributed by atoms with Gasteiger partial charge in [0.05, 0.1) is 18.0 Å². The van der Waals surface area contributed by atoms with E-state index in [9.17, 15) is 9.59 Å². The van der Waals surface area contributed by atoms with Crippen LogP contribution in [0.2, 0.25) is 0 Å². The van der Waals surface area contributed by atoms with Gasteiger partial charge in [0.1, 0.15) is 5.75 Å². The fourth-order valence-corrected chi connectivity index (χ4v) is 5.61. The zero-order chi connectivity index (χ0) is 26.3. The molecule has 38 heavy (non-hydrogen) atoms. The molecule has 0 spiro atoms. The van der Waals surface area contributed by atoms with Crippen LogP contribution in [0.1, 0.15) is 44.9 Å². The number of ether oxygens (including phenoxy) is 1. The van der Waals surface area contributed by atoms with Gasteiger partial charge in [0.25, 0.3) is 11.8 Å². The van der Waals surface area contributed by atoms with Crippen LogP contribution in [0.3, 0.4) is 0 Å². The van der Waals surface area contributed by atoms with Gasteiger partial charge in [-0.15, -0.1) is 11.3 Å². The highest BCUT2D eigenvalue weighted by Crippen LogP contribution is 2.34. The van der Waals surface area contributed by atoms with Crippen molar-refractivity contribution in [3.05, 3.63) is 100 Å². The monoisotopic (exact) mass is 525 g/mol. The number of amides is 2. The molecular weight excluding hydrogens is 494 g/mol. The Kier molecular flexibility index (Phi) is 8.16. The standard InChI is InChI=1S/C31H31N3O3S/c32-17-8-19-37-28-21-23(31(36)34-18-7-6-13-29-27(34)16-20-38-29)14-15-26(28)33-30(35)25-12-5-4-11-24(25)22-9-2-1-3-10-22/h1-5,9-12,14-16,20-21H,6-8,13,17-19,32H2,(H,33,35). The summed E-state index contributed by atoms with van der Waals surface area (Å²) in [7, 11) is 0. The summed E-state index contributed by atoms with van der Waals surface area (Å²) in [6, 6.07) is 24.6. The number of nitrogens with one attached hydrogen (secondary N) is 1. The van der Waals surface area contributed by atoms with E-state index in [4.69, 9.17) is 10.5 Å². The van der Waals surface area contributed by atoms with Crippen LogP contribution in [0.15, 0.2) is 84.2 Å². The lowest BCUT2D eigenvalue weighted by molar-refractivity contribution is 0.0985. The predicted molar refractivity (Wildman–Crippen MR) is 154 cm³/mol. The maximum Gasteiger partial charge on any atom is 0.258 e. The first-order chi connectivity index (χ1) is 18.7. The topological polar surface area (TPSA) is 84.7 Å². The lowest BCUT2D eigenvalue weighted by atomic mass is 9.99. The minimum Gasteiger partial charge on any atom is -0.491 e. The lowest BCUT2D eigenvalue weighted by Gasteiger charge is -2.22. The molecule has 0 atom stereocenters. The van der Waals surface area contributed by atoms with Gasteiger partial charge in [0, 0.05) is 22.5 Å². The Morgan fingerprint density at radius 3 is 2.63 bits per heavy atom. The molecule has 1 aromatic heterocycles. The van der Waals surface area contributed by atoms with Gasteiger partial charge in [-0.25, -0.2) is 0 Å². The third-order valence-electron chi connectivity index (χ3n) is 6.63. The second kappa shape index (κ2) is 12.1. The molecule has 7 heteroatoms. The Balaban J connectivity index is 1.43. The number of carbonyl (C=O) groups excluding carboxylic acids is 2. The molecule has 1 aliphatic heterocycles. The highest BCUT2D eigenvalue weighted by atomic mass is 32.1. The van der Waals surface area contributed by atoms with Crippen LogP contribution in [-0.2, 0) is 6.42 Å². The first-order valence-electron chi connectivity index (χ1n) is 13.0. The summed E-state index contributed by atoms with van der Waals surface area (Å²) in [6.07, 6.45) is 3.69. The van der Waals surface area contributed by atoms with Crippen LogP contribution in [-0.4, -0.2) is 31.5 Å². The number of benzene rings is 3. The zero-order valence-electron chi connectivity index (χ0n) is 21.2. The maximum atomic E-state index is 13.6. The maximum absolute atomic E-state index is 13.6. The molecule has 3 aromatic carbocycles. The van der Waals surface area contributed by atoms with Gasteiger partial charge in [0.2, 0.25) is 0 Å². The Hall–Kier alpha value is -3.94. The fourth-order valence-electron chi connectivity index (χ4n) is 4.69. The van der Waals surface area contributed by atoms with Crippen LogP contribution in [0.5, 0.6) is 5.75 Å². The Morgan fingerprint density at radius 2 is 1.79 bits per heavy atom.